The average Bonchev–Trinajstić information content (AvgIpc) is 2.44. The predicted octanol–water partition coefficient (Wildman–Crippen LogP) is -0.395. The maximum Gasteiger partial charge on any atom is 0.242 e. The number of likely N-dealkylation sites (tertiary alicyclic amines) is 1. The zero-order valence-corrected chi connectivity index (χ0v) is 11.9. The topological polar surface area (TPSA) is 95.7 Å². The first-order valence-electron chi connectivity index (χ1n) is 7.54. The molecule has 6 nitrogen and oxygen atoms in total. The highest BCUT2D eigenvalue weighted by atomic mass is 16.3. The quantitative estimate of drug-likeness (QED) is 0.599. The van der Waals surface area contributed by atoms with Crippen molar-refractivity contribution in [2.75, 3.05) is 26.2 Å². The van der Waals surface area contributed by atoms with Crippen LogP contribution in [0.1, 0.15) is 38.5 Å². The molecule has 2 amide bonds. The van der Waals surface area contributed by atoms with E-state index in [4.69, 9.17) is 10.8 Å². The van der Waals surface area contributed by atoms with Gasteiger partial charge in [0, 0.05) is 32.2 Å². The van der Waals surface area contributed by atoms with Gasteiger partial charge in [-0.3, -0.25) is 9.59 Å². The summed E-state index contributed by atoms with van der Waals surface area (Å²) in [4.78, 5) is 26.0. The van der Waals surface area contributed by atoms with E-state index in [9.17, 15) is 9.59 Å². The highest BCUT2D eigenvalue weighted by Gasteiger charge is 2.43. The van der Waals surface area contributed by atoms with Crippen molar-refractivity contribution in [2.45, 2.75) is 44.1 Å². The van der Waals surface area contributed by atoms with Gasteiger partial charge in [-0.25, -0.2) is 0 Å². The van der Waals surface area contributed by atoms with Gasteiger partial charge < -0.3 is 21.1 Å². The van der Waals surface area contributed by atoms with Crippen LogP contribution < -0.4 is 11.1 Å². The number of hydrogen-bond acceptors (Lipinski definition) is 4. The molecule has 0 bridgehead atoms. The molecule has 0 aromatic heterocycles. The molecular formula is C14H25N3O3. The standard InChI is InChI=1S/C14H25N3O3/c15-14(5-1-6-14)13(20)17-8-3-11(4-9-17)12(19)16-7-2-10-18/h11,18H,1-10,15H2,(H,16,19). The highest BCUT2D eigenvalue weighted by Crippen LogP contribution is 2.32. The number of nitrogens with zero attached hydrogens (tertiary/aromatic N) is 1. The molecule has 6 heteroatoms. The minimum Gasteiger partial charge on any atom is -0.396 e. The van der Waals surface area contributed by atoms with Gasteiger partial charge in [-0.15, -0.1) is 0 Å². The summed E-state index contributed by atoms with van der Waals surface area (Å²) in [5.41, 5.74) is 5.43. The molecule has 2 aliphatic rings. The molecule has 0 radical (unpaired) electrons. The highest BCUT2D eigenvalue weighted by molar-refractivity contribution is 5.87. The Morgan fingerprint density at radius 3 is 2.45 bits per heavy atom. The summed E-state index contributed by atoms with van der Waals surface area (Å²) in [5.74, 6) is 0.0763. The number of nitrogens with one attached hydrogen (secondary N) is 1. The average molecular weight is 283 g/mol. The van der Waals surface area contributed by atoms with Crippen LogP contribution in [-0.2, 0) is 9.59 Å². The van der Waals surface area contributed by atoms with Gasteiger partial charge in [0.1, 0.15) is 0 Å². The van der Waals surface area contributed by atoms with Crippen LogP contribution in [0.25, 0.3) is 0 Å². The van der Waals surface area contributed by atoms with Crippen LogP contribution >= 0.6 is 0 Å². The lowest BCUT2D eigenvalue weighted by Crippen LogP contribution is -2.60. The van der Waals surface area contributed by atoms with Crippen molar-refractivity contribution in [1.82, 2.24) is 10.2 Å². The minimum atomic E-state index is -0.629. The molecule has 1 aliphatic carbocycles. The zero-order valence-electron chi connectivity index (χ0n) is 11.9. The number of nitrogens with two attached hydrogens (primary N) is 1. The van der Waals surface area contributed by atoms with Crippen molar-refractivity contribution >= 4 is 11.8 Å². The molecule has 20 heavy (non-hydrogen) atoms. The number of carbonyl (C=O) groups excluding carboxylic acids is 2. The van der Waals surface area contributed by atoms with Gasteiger partial charge in [-0.05, 0) is 38.5 Å². The van der Waals surface area contributed by atoms with Gasteiger partial charge in [0.2, 0.25) is 11.8 Å². The summed E-state index contributed by atoms with van der Waals surface area (Å²) >= 11 is 0. The Hall–Kier alpha value is -1.14. The Bertz CT molecular complexity index is 361. The van der Waals surface area contributed by atoms with Gasteiger partial charge in [0.15, 0.2) is 0 Å². The molecule has 1 aliphatic heterocycles. The Morgan fingerprint density at radius 2 is 1.95 bits per heavy atom. The summed E-state index contributed by atoms with van der Waals surface area (Å²) in [6.45, 7) is 1.85. The molecule has 0 atom stereocenters. The lowest BCUT2D eigenvalue weighted by molar-refractivity contribution is -0.143. The van der Waals surface area contributed by atoms with Crippen molar-refractivity contribution in [3.8, 4) is 0 Å². The van der Waals surface area contributed by atoms with Crippen LogP contribution in [0.15, 0.2) is 0 Å². The summed E-state index contributed by atoms with van der Waals surface area (Å²) in [6, 6.07) is 0. The second-order valence-electron chi connectivity index (χ2n) is 5.94. The van der Waals surface area contributed by atoms with Crippen molar-refractivity contribution in [3.63, 3.8) is 0 Å². The summed E-state index contributed by atoms with van der Waals surface area (Å²) in [6.07, 6.45) is 4.59. The number of piperidine rings is 1. The Morgan fingerprint density at radius 1 is 1.30 bits per heavy atom. The van der Waals surface area contributed by atoms with E-state index >= 15 is 0 Å². The first-order valence-corrected chi connectivity index (χ1v) is 7.54. The molecule has 0 aromatic rings. The van der Waals surface area contributed by atoms with Gasteiger partial charge in [-0.2, -0.15) is 0 Å². The molecule has 0 unspecified atom stereocenters. The maximum atomic E-state index is 12.3. The van der Waals surface area contributed by atoms with Crippen LogP contribution in [0.3, 0.4) is 0 Å². The second kappa shape index (κ2) is 6.54. The van der Waals surface area contributed by atoms with Crippen LogP contribution in [0, 0.1) is 5.92 Å². The molecule has 1 saturated heterocycles. The monoisotopic (exact) mass is 283 g/mol. The van der Waals surface area contributed by atoms with E-state index in [2.05, 4.69) is 5.32 Å². The largest absolute Gasteiger partial charge is 0.396 e. The molecule has 4 N–H and O–H groups in total. The first kappa shape index (κ1) is 15.3. The Balaban J connectivity index is 1.74. The fourth-order valence-electron chi connectivity index (χ4n) is 2.87. The third-order valence-corrected chi connectivity index (χ3v) is 4.46. The molecule has 0 aromatic carbocycles. The normalized spacial score (nSPS) is 22.2. The van der Waals surface area contributed by atoms with E-state index in [0.29, 0.717) is 38.9 Å². The fourth-order valence-corrected chi connectivity index (χ4v) is 2.87. The van der Waals surface area contributed by atoms with Gasteiger partial charge in [-0.1, -0.05) is 0 Å². The predicted molar refractivity (Wildman–Crippen MR) is 74.8 cm³/mol. The van der Waals surface area contributed by atoms with Gasteiger partial charge >= 0.3 is 0 Å². The van der Waals surface area contributed by atoms with Crippen LogP contribution in [0.2, 0.25) is 0 Å². The number of amides is 2. The van der Waals surface area contributed by atoms with Crippen molar-refractivity contribution < 1.29 is 14.7 Å². The maximum absolute atomic E-state index is 12.3. The van der Waals surface area contributed by atoms with E-state index < -0.39 is 5.54 Å². The van der Waals surface area contributed by atoms with Crippen LogP contribution in [-0.4, -0.2) is 53.6 Å². The molecule has 2 rings (SSSR count). The molecular weight excluding hydrogens is 258 g/mol. The lowest BCUT2D eigenvalue weighted by Gasteiger charge is -2.42. The smallest absolute Gasteiger partial charge is 0.242 e. The van der Waals surface area contributed by atoms with Gasteiger partial charge in [0.25, 0.3) is 0 Å². The molecule has 1 saturated carbocycles. The lowest BCUT2D eigenvalue weighted by atomic mass is 9.76. The Labute approximate surface area is 119 Å². The Kier molecular flexibility index (Phi) is 4.99. The second-order valence-corrected chi connectivity index (χ2v) is 5.94. The van der Waals surface area contributed by atoms with Gasteiger partial charge in [0.05, 0.1) is 5.54 Å². The number of aliphatic hydroxyl groups is 1. The SMILES string of the molecule is NC1(C(=O)N2CCC(C(=O)NCCCO)CC2)CCC1. The van der Waals surface area contributed by atoms with E-state index in [1.807, 2.05) is 4.90 Å². The summed E-state index contributed by atoms with van der Waals surface area (Å²) in [5, 5.41) is 11.5. The van der Waals surface area contributed by atoms with Crippen LogP contribution in [0.4, 0.5) is 0 Å². The van der Waals surface area contributed by atoms with E-state index in [-0.39, 0.29) is 24.3 Å². The zero-order chi connectivity index (χ0) is 14.6. The number of aliphatic hydroxyl groups excluding tert-OH is 1. The fraction of sp³-hybridized carbons (Fsp3) is 0.857. The number of hydrogen-bond donors (Lipinski definition) is 3. The minimum absolute atomic E-state index is 0.0205. The van der Waals surface area contributed by atoms with E-state index in [1.165, 1.54) is 0 Å². The third-order valence-electron chi connectivity index (χ3n) is 4.46. The molecule has 1 heterocycles. The van der Waals surface area contributed by atoms with Crippen molar-refractivity contribution in [2.24, 2.45) is 11.7 Å². The van der Waals surface area contributed by atoms with Crippen molar-refractivity contribution in [1.29, 1.82) is 0 Å². The summed E-state index contributed by atoms with van der Waals surface area (Å²) in [7, 11) is 0. The summed E-state index contributed by atoms with van der Waals surface area (Å²) < 4.78 is 0. The molecule has 2 fully saturated rings. The molecule has 114 valence electrons. The van der Waals surface area contributed by atoms with E-state index in [1.54, 1.807) is 0 Å². The first-order chi connectivity index (χ1) is 9.57. The third kappa shape index (κ3) is 3.30. The number of carbonyl (C=O) groups is 2. The van der Waals surface area contributed by atoms with Crippen molar-refractivity contribution in [3.05, 3.63) is 0 Å². The number of rotatable bonds is 5. The van der Waals surface area contributed by atoms with Crippen LogP contribution in [0.5, 0.6) is 0 Å². The molecule has 0 spiro atoms. The van der Waals surface area contributed by atoms with E-state index in [0.717, 1.165) is 19.3 Å².